The molecule has 3 aromatic heterocycles. The van der Waals surface area contributed by atoms with E-state index in [9.17, 15) is 0 Å². The number of para-hydroxylation sites is 6. The predicted molar refractivity (Wildman–Crippen MR) is 251 cm³/mol. The van der Waals surface area contributed by atoms with Crippen molar-refractivity contribution in [2.75, 3.05) is 0 Å². The molecule has 12 aromatic rings. The molecule has 0 bridgehead atoms. The first-order valence-corrected chi connectivity index (χ1v) is 21.2. The molecule has 0 saturated carbocycles. The number of hydrogen-bond acceptors (Lipinski definition) is 3. The Bertz CT molecular complexity index is 3810. The van der Waals surface area contributed by atoms with Gasteiger partial charge in [-0.25, -0.2) is 9.97 Å². The Kier molecular flexibility index (Phi) is 6.70. The topological polar surface area (TPSA) is 44.9 Å². The van der Waals surface area contributed by atoms with Crippen molar-refractivity contribution in [2.24, 2.45) is 0 Å². The molecule has 1 spiro atoms. The third-order valence-electron chi connectivity index (χ3n) is 13.4. The van der Waals surface area contributed by atoms with Crippen LogP contribution >= 0.6 is 0 Å². The van der Waals surface area contributed by atoms with Crippen molar-refractivity contribution in [3.8, 4) is 45.5 Å². The van der Waals surface area contributed by atoms with Gasteiger partial charge in [0.1, 0.15) is 11.5 Å². The highest BCUT2D eigenvalue weighted by Crippen LogP contribution is 2.62. The monoisotopic (exact) mass is 790 g/mol. The number of rotatable bonds is 3. The molecule has 1 aliphatic heterocycles. The molecular formula is C57H34N4O. The third-order valence-corrected chi connectivity index (χ3v) is 13.4. The van der Waals surface area contributed by atoms with Gasteiger partial charge >= 0.3 is 0 Å². The lowest BCUT2D eigenvalue weighted by Gasteiger charge is -2.39. The van der Waals surface area contributed by atoms with Gasteiger partial charge in [0.25, 0.3) is 0 Å². The van der Waals surface area contributed by atoms with Crippen molar-refractivity contribution in [1.82, 2.24) is 19.1 Å². The van der Waals surface area contributed by atoms with E-state index < -0.39 is 5.41 Å². The van der Waals surface area contributed by atoms with Crippen molar-refractivity contribution in [1.29, 1.82) is 0 Å². The van der Waals surface area contributed by atoms with Gasteiger partial charge in [0.2, 0.25) is 5.95 Å². The Hall–Kier alpha value is -8.28. The zero-order chi connectivity index (χ0) is 40.5. The van der Waals surface area contributed by atoms with Crippen LogP contribution in [0.25, 0.3) is 88.5 Å². The summed E-state index contributed by atoms with van der Waals surface area (Å²) in [5.41, 5.74) is 15.0. The minimum atomic E-state index is -0.602. The van der Waals surface area contributed by atoms with E-state index >= 15 is 0 Å². The van der Waals surface area contributed by atoms with Crippen molar-refractivity contribution < 1.29 is 4.74 Å². The van der Waals surface area contributed by atoms with Gasteiger partial charge in [-0.2, -0.15) is 0 Å². The van der Waals surface area contributed by atoms with Crippen LogP contribution in [0.15, 0.2) is 206 Å². The van der Waals surface area contributed by atoms with E-state index in [1.807, 2.05) is 0 Å². The molecule has 0 radical (unpaired) electrons. The first-order valence-electron chi connectivity index (χ1n) is 21.2. The minimum absolute atomic E-state index is 0.602. The lowest BCUT2D eigenvalue weighted by molar-refractivity contribution is 0.436. The molecule has 62 heavy (non-hydrogen) atoms. The largest absolute Gasteiger partial charge is 0.457 e. The molecule has 0 amide bonds. The van der Waals surface area contributed by atoms with Crippen molar-refractivity contribution in [3.05, 3.63) is 229 Å². The van der Waals surface area contributed by atoms with Gasteiger partial charge in [-0.15, -0.1) is 0 Å². The molecule has 0 unspecified atom stereocenters. The summed E-state index contributed by atoms with van der Waals surface area (Å²) in [6.07, 6.45) is 0. The van der Waals surface area contributed by atoms with Gasteiger partial charge in [0.05, 0.1) is 38.7 Å². The van der Waals surface area contributed by atoms with Crippen LogP contribution in [0.2, 0.25) is 0 Å². The maximum Gasteiger partial charge on any atom is 0.235 e. The van der Waals surface area contributed by atoms with Gasteiger partial charge in [-0.1, -0.05) is 146 Å². The third kappa shape index (κ3) is 4.36. The summed E-state index contributed by atoms with van der Waals surface area (Å²) in [6, 6.07) is 74.0. The zero-order valence-corrected chi connectivity index (χ0v) is 33.3. The van der Waals surface area contributed by atoms with E-state index in [2.05, 4.69) is 215 Å². The Morgan fingerprint density at radius 1 is 0.371 bits per heavy atom. The van der Waals surface area contributed by atoms with Crippen LogP contribution in [0.4, 0.5) is 0 Å². The fraction of sp³-hybridized carbons (Fsp3) is 0.0175. The van der Waals surface area contributed by atoms with Crippen molar-refractivity contribution in [3.63, 3.8) is 0 Å². The predicted octanol–water partition coefficient (Wildman–Crippen LogP) is 14.0. The lowest BCUT2D eigenvalue weighted by atomic mass is 9.66. The summed E-state index contributed by atoms with van der Waals surface area (Å²) in [6.45, 7) is 0. The summed E-state index contributed by atoms with van der Waals surface area (Å²) < 4.78 is 11.3. The highest BCUT2D eigenvalue weighted by atomic mass is 16.5. The molecule has 1 aliphatic carbocycles. The van der Waals surface area contributed by atoms with Crippen LogP contribution in [0.3, 0.4) is 0 Å². The van der Waals surface area contributed by atoms with Crippen LogP contribution < -0.4 is 4.74 Å². The summed E-state index contributed by atoms with van der Waals surface area (Å²) in [4.78, 5) is 11.0. The summed E-state index contributed by atoms with van der Waals surface area (Å²) in [5.74, 6) is 2.38. The summed E-state index contributed by atoms with van der Waals surface area (Å²) >= 11 is 0. The Morgan fingerprint density at radius 2 is 0.952 bits per heavy atom. The Balaban J connectivity index is 1.07. The number of benzene rings is 9. The van der Waals surface area contributed by atoms with Crippen LogP contribution in [-0.2, 0) is 5.41 Å². The van der Waals surface area contributed by atoms with Crippen LogP contribution in [0.1, 0.15) is 22.3 Å². The van der Waals surface area contributed by atoms with Crippen LogP contribution in [-0.4, -0.2) is 19.1 Å². The minimum Gasteiger partial charge on any atom is -0.457 e. The molecule has 0 N–H and O–H groups in total. The molecule has 288 valence electrons. The van der Waals surface area contributed by atoms with Gasteiger partial charge in [-0.05, 0) is 82.9 Å². The maximum atomic E-state index is 6.67. The van der Waals surface area contributed by atoms with E-state index in [1.54, 1.807) is 0 Å². The van der Waals surface area contributed by atoms with Crippen LogP contribution in [0.5, 0.6) is 11.5 Å². The fourth-order valence-electron chi connectivity index (χ4n) is 10.9. The Morgan fingerprint density at radius 3 is 1.73 bits per heavy atom. The van der Waals surface area contributed by atoms with E-state index in [0.29, 0.717) is 5.95 Å². The maximum absolute atomic E-state index is 6.67. The van der Waals surface area contributed by atoms with Crippen molar-refractivity contribution >= 4 is 54.5 Å². The number of aromatic nitrogens is 4. The van der Waals surface area contributed by atoms with E-state index in [4.69, 9.17) is 14.7 Å². The normalized spacial score (nSPS) is 13.4. The number of nitrogens with zero attached hydrogens (tertiary/aromatic N) is 4. The molecule has 14 rings (SSSR count). The highest BCUT2D eigenvalue weighted by Gasteiger charge is 2.51. The van der Waals surface area contributed by atoms with Gasteiger partial charge in [0, 0.05) is 49.3 Å². The van der Waals surface area contributed by atoms with E-state index in [0.717, 1.165) is 77.8 Å². The zero-order valence-electron chi connectivity index (χ0n) is 33.3. The van der Waals surface area contributed by atoms with Crippen LogP contribution in [0, 0.1) is 0 Å². The smallest absolute Gasteiger partial charge is 0.235 e. The SMILES string of the molecule is c1ccc(-n2c3ccccc3c3ccc(-c4nc(-n5c6ccccc6c6cc7c(cc65)C5(c6ccccc6Oc6ccccc65)c5ccccc5-7)nc5ccccc45)cc32)cc1. The second-order valence-electron chi connectivity index (χ2n) is 16.5. The second-order valence-corrected chi connectivity index (χ2v) is 16.5. The molecular weight excluding hydrogens is 757 g/mol. The molecule has 4 heterocycles. The fourth-order valence-corrected chi connectivity index (χ4v) is 10.9. The number of hydrogen-bond donors (Lipinski definition) is 0. The molecule has 5 nitrogen and oxygen atoms in total. The summed E-state index contributed by atoms with van der Waals surface area (Å²) in [7, 11) is 0. The molecule has 0 saturated heterocycles. The molecule has 0 atom stereocenters. The van der Waals surface area contributed by atoms with Crippen molar-refractivity contribution in [2.45, 2.75) is 5.41 Å². The van der Waals surface area contributed by atoms with Gasteiger partial charge in [0.15, 0.2) is 0 Å². The molecule has 9 aromatic carbocycles. The summed E-state index contributed by atoms with van der Waals surface area (Å²) in [5, 5.41) is 5.74. The average Bonchev–Trinajstić information content (AvgIpc) is 3.94. The standard InChI is InChI=1S/C57H34N4O/c1-2-16-36(17-3-1)60-49-26-12-6-19-38(49)40-31-30-35(32-51(40)60)55-41-21-5-11-25-48(41)58-56(59-55)61-50-27-13-7-20-39(50)43-33-42-37-18-4-8-22-44(37)57(47(42)34-52(43)61)45-23-9-14-28-53(45)62-54-29-15-10-24-46(54)57/h1-34H. The van der Waals surface area contributed by atoms with Gasteiger partial charge in [-0.3, -0.25) is 4.57 Å². The van der Waals surface area contributed by atoms with Gasteiger partial charge < -0.3 is 9.30 Å². The quantitative estimate of drug-likeness (QED) is 0.179. The average molecular weight is 791 g/mol. The lowest BCUT2D eigenvalue weighted by Crippen LogP contribution is -2.32. The first kappa shape index (κ1) is 33.5. The number of fused-ring (bicyclic) bond motifs is 16. The first-order chi connectivity index (χ1) is 30.8. The highest BCUT2D eigenvalue weighted by molar-refractivity contribution is 6.13. The number of ether oxygens (including phenoxy) is 1. The molecule has 2 aliphatic rings. The second kappa shape index (κ2) is 12.4. The van der Waals surface area contributed by atoms with E-state index in [1.165, 1.54) is 38.5 Å². The molecule has 5 heteroatoms. The van der Waals surface area contributed by atoms with E-state index in [-0.39, 0.29) is 0 Å². The Labute approximate surface area is 356 Å². The molecule has 0 fully saturated rings.